The number of hydrogen-bond donors (Lipinski definition) is 3. The summed E-state index contributed by atoms with van der Waals surface area (Å²) in [6.45, 7) is 8.01. The number of aryl methyl sites for hydroxylation is 1. The van der Waals surface area contributed by atoms with Crippen LogP contribution < -0.4 is 15.4 Å². The summed E-state index contributed by atoms with van der Waals surface area (Å²) in [7, 11) is -3.86. The first-order chi connectivity index (χ1) is 14.1. The summed E-state index contributed by atoms with van der Waals surface area (Å²) in [4.78, 5) is 25.0. The first-order valence-electron chi connectivity index (χ1n) is 9.90. The van der Waals surface area contributed by atoms with Crippen LogP contribution in [-0.4, -0.2) is 32.8 Å². The van der Waals surface area contributed by atoms with Crippen molar-refractivity contribution in [2.45, 2.75) is 45.1 Å². The highest BCUT2D eigenvalue weighted by Crippen LogP contribution is 2.16. The predicted molar refractivity (Wildman–Crippen MR) is 118 cm³/mol. The molecule has 0 unspecified atom stereocenters. The van der Waals surface area contributed by atoms with Crippen LogP contribution in [0.4, 0.5) is 5.69 Å². The van der Waals surface area contributed by atoms with Crippen LogP contribution >= 0.6 is 0 Å². The van der Waals surface area contributed by atoms with Gasteiger partial charge in [-0.05, 0) is 56.5 Å². The molecule has 0 aliphatic rings. The Morgan fingerprint density at radius 1 is 1.03 bits per heavy atom. The van der Waals surface area contributed by atoms with Gasteiger partial charge >= 0.3 is 0 Å². The summed E-state index contributed by atoms with van der Waals surface area (Å²) in [5.74, 6) is -0.636. The highest BCUT2D eigenvalue weighted by molar-refractivity contribution is 7.89. The molecule has 0 aromatic heterocycles. The maximum atomic E-state index is 12.9. The second kappa shape index (κ2) is 10.4. The minimum atomic E-state index is -3.86. The molecule has 0 bridgehead atoms. The van der Waals surface area contributed by atoms with E-state index in [4.69, 9.17) is 0 Å². The van der Waals surface area contributed by atoms with Crippen LogP contribution in [-0.2, 0) is 14.8 Å². The number of sulfonamides is 1. The molecule has 30 heavy (non-hydrogen) atoms. The number of carbonyl (C=O) groups is 2. The molecule has 162 valence electrons. The van der Waals surface area contributed by atoms with Gasteiger partial charge in [0.05, 0.1) is 4.90 Å². The number of rotatable bonds is 9. The zero-order valence-corrected chi connectivity index (χ0v) is 18.5. The molecular weight excluding hydrogens is 402 g/mol. The van der Waals surface area contributed by atoms with Crippen molar-refractivity contribution < 1.29 is 18.0 Å². The van der Waals surface area contributed by atoms with Gasteiger partial charge in [0.15, 0.2) is 0 Å². The summed E-state index contributed by atoms with van der Waals surface area (Å²) >= 11 is 0. The molecule has 2 rings (SSSR count). The molecular formula is C22H29N3O4S. The summed E-state index contributed by atoms with van der Waals surface area (Å²) in [6, 6.07) is 12.0. The third kappa shape index (κ3) is 6.67. The molecule has 0 saturated heterocycles. The fourth-order valence-corrected chi connectivity index (χ4v) is 4.09. The highest BCUT2D eigenvalue weighted by Gasteiger charge is 2.26. The Morgan fingerprint density at radius 3 is 2.30 bits per heavy atom. The van der Waals surface area contributed by atoms with E-state index in [-0.39, 0.29) is 16.7 Å². The van der Waals surface area contributed by atoms with Gasteiger partial charge in [0.25, 0.3) is 5.91 Å². The maximum Gasteiger partial charge on any atom is 0.251 e. The maximum absolute atomic E-state index is 12.9. The van der Waals surface area contributed by atoms with Crippen LogP contribution in [0.3, 0.4) is 0 Å². The topological polar surface area (TPSA) is 104 Å². The number of benzene rings is 2. The molecule has 0 spiro atoms. The third-order valence-electron chi connectivity index (χ3n) is 4.38. The van der Waals surface area contributed by atoms with Gasteiger partial charge in [-0.15, -0.1) is 0 Å². The molecule has 0 aliphatic heterocycles. The van der Waals surface area contributed by atoms with Gasteiger partial charge in [-0.3, -0.25) is 9.59 Å². The van der Waals surface area contributed by atoms with E-state index in [1.165, 1.54) is 12.1 Å². The van der Waals surface area contributed by atoms with Crippen molar-refractivity contribution in [1.82, 2.24) is 10.0 Å². The van der Waals surface area contributed by atoms with Crippen LogP contribution in [0.2, 0.25) is 0 Å². The van der Waals surface area contributed by atoms with Crippen LogP contribution in [0, 0.1) is 12.8 Å². The lowest BCUT2D eigenvalue weighted by Gasteiger charge is -2.20. The van der Waals surface area contributed by atoms with Gasteiger partial charge in [-0.2, -0.15) is 4.72 Å². The molecule has 0 heterocycles. The molecule has 7 nitrogen and oxygen atoms in total. The SMILES string of the molecule is CCNC(=O)c1cccc(NC(=O)[C@H](CC(C)C)NS(=O)(=O)c2ccc(C)cc2)c1. The summed E-state index contributed by atoms with van der Waals surface area (Å²) < 4.78 is 28.0. The van der Waals surface area contributed by atoms with Crippen molar-refractivity contribution in [1.29, 1.82) is 0 Å². The lowest BCUT2D eigenvalue weighted by molar-refractivity contribution is -0.118. The molecule has 8 heteroatoms. The standard InChI is InChI=1S/C22H29N3O4S/c1-5-23-21(26)17-7-6-8-18(14-17)24-22(27)20(13-15(2)3)25-30(28,29)19-11-9-16(4)10-12-19/h6-12,14-15,20,25H,5,13H2,1-4H3,(H,23,26)(H,24,27)/t20-/m0/s1. The fourth-order valence-electron chi connectivity index (χ4n) is 2.88. The molecule has 2 amide bonds. The van der Waals surface area contributed by atoms with Gasteiger partial charge in [-0.1, -0.05) is 37.6 Å². The smallest absolute Gasteiger partial charge is 0.251 e. The van der Waals surface area contributed by atoms with E-state index in [1.54, 1.807) is 36.4 Å². The molecule has 1 atom stereocenters. The Kier molecular flexibility index (Phi) is 8.14. The first kappa shape index (κ1) is 23.6. The van der Waals surface area contributed by atoms with Crippen molar-refractivity contribution in [2.75, 3.05) is 11.9 Å². The fraction of sp³-hybridized carbons (Fsp3) is 0.364. The zero-order chi connectivity index (χ0) is 22.3. The van der Waals surface area contributed by atoms with Gasteiger partial charge in [0.2, 0.25) is 15.9 Å². The number of anilines is 1. The quantitative estimate of drug-likeness (QED) is 0.567. The van der Waals surface area contributed by atoms with E-state index in [0.717, 1.165) is 5.56 Å². The largest absolute Gasteiger partial charge is 0.352 e. The minimum absolute atomic E-state index is 0.0862. The van der Waals surface area contributed by atoms with Gasteiger partial charge in [-0.25, -0.2) is 8.42 Å². The van der Waals surface area contributed by atoms with Crippen LogP contribution in [0.25, 0.3) is 0 Å². The highest BCUT2D eigenvalue weighted by atomic mass is 32.2. The van der Waals surface area contributed by atoms with Crippen LogP contribution in [0.1, 0.15) is 43.1 Å². The number of hydrogen-bond acceptors (Lipinski definition) is 4. The number of amides is 2. The van der Waals surface area contributed by atoms with Crippen molar-refractivity contribution in [2.24, 2.45) is 5.92 Å². The van der Waals surface area contributed by atoms with Crippen molar-refractivity contribution in [3.8, 4) is 0 Å². The van der Waals surface area contributed by atoms with Crippen LogP contribution in [0.5, 0.6) is 0 Å². The minimum Gasteiger partial charge on any atom is -0.352 e. The Labute approximate surface area is 178 Å². The molecule has 2 aromatic rings. The predicted octanol–water partition coefficient (Wildman–Crippen LogP) is 3.08. The van der Waals surface area contributed by atoms with Gasteiger partial charge < -0.3 is 10.6 Å². The van der Waals surface area contributed by atoms with E-state index in [1.807, 2.05) is 27.7 Å². The molecule has 0 fully saturated rings. The number of nitrogens with one attached hydrogen (secondary N) is 3. The summed E-state index contributed by atoms with van der Waals surface area (Å²) in [5, 5.41) is 5.42. The Balaban J connectivity index is 2.20. The van der Waals surface area contributed by atoms with E-state index in [2.05, 4.69) is 15.4 Å². The molecule has 2 aromatic carbocycles. The first-order valence-corrected chi connectivity index (χ1v) is 11.4. The Hall–Kier alpha value is -2.71. The summed E-state index contributed by atoms with van der Waals surface area (Å²) in [6.07, 6.45) is 0.326. The lowest BCUT2D eigenvalue weighted by Crippen LogP contribution is -2.44. The second-order valence-electron chi connectivity index (χ2n) is 7.55. The molecule has 0 aliphatic carbocycles. The van der Waals surface area contributed by atoms with E-state index >= 15 is 0 Å². The monoisotopic (exact) mass is 431 g/mol. The van der Waals surface area contributed by atoms with E-state index in [9.17, 15) is 18.0 Å². The molecule has 0 radical (unpaired) electrons. The van der Waals surface area contributed by atoms with Gasteiger partial charge in [0.1, 0.15) is 6.04 Å². The average molecular weight is 432 g/mol. The van der Waals surface area contributed by atoms with E-state index in [0.29, 0.717) is 24.2 Å². The Morgan fingerprint density at radius 2 is 1.70 bits per heavy atom. The number of carbonyl (C=O) groups excluding carboxylic acids is 2. The van der Waals surface area contributed by atoms with Gasteiger partial charge in [0, 0.05) is 17.8 Å². The van der Waals surface area contributed by atoms with Crippen molar-refractivity contribution in [3.63, 3.8) is 0 Å². The van der Waals surface area contributed by atoms with Crippen LogP contribution in [0.15, 0.2) is 53.4 Å². The third-order valence-corrected chi connectivity index (χ3v) is 5.87. The summed E-state index contributed by atoms with van der Waals surface area (Å²) in [5.41, 5.74) is 1.78. The van der Waals surface area contributed by atoms with Crippen molar-refractivity contribution in [3.05, 3.63) is 59.7 Å². The van der Waals surface area contributed by atoms with Crippen molar-refractivity contribution >= 4 is 27.5 Å². The average Bonchev–Trinajstić information content (AvgIpc) is 2.67. The Bertz CT molecular complexity index is 986. The zero-order valence-electron chi connectivity index (χ0n) is 17.7. The van der Waals surface area contributed by atoms with E-state index < -0.39 is 22.0 Å². The lowest BCUT2D eigenvalue weighted by atomic mass is 10.0. The molecule has 0 saturated carbocycles. The normalized spacial score (nSPS) is 12.4. The molecule has 3 N–H and O–H groups in total. The second-order valence-corrected chi connectivity index (χ2v) is 9.26.